The number of rotatable bonds is 9. The van der Waals surface area contributed by atoms with Gasteiger partial charge in [0.05, 0.1) is 19.8 Å². The van der Waals surface area contributed by atoms with Gasteiger partial charge in [0.15, 0.2) is 0 Å². The van der Waals surface area contributed by atoms with Crippen molar-refractivity contribution in [2.75, 3.05) is 46.0 Å². The number of aromatic nitrogens is 1. The zero-order valence-electron chi connectivity index (χ0n) is 17.4. The lowest BCUT2D eigenvalue weighted by atomic mass is 10.1. The molecule has 1 aromatic carbocycles. The summed E-state index contributed by atoms with van der Waals surface area (Å²) in [6.07, 6.45) is 4.16. The molecule has 7 nitrogen and oxygen atoms in total. The van der Waals surface area contributed by atoms with Crippen molar-refractivity contribution >= 4 is 17.7 Å². The summed E-state index contributed by atoms with van der Waals surface area (Å²) in [4.78, 5) is 27.6. The molecule has 0 atom stereocenters. The largest absolute Gasteiger partial charge is 0.494 e. The van der Waals surface area contributed by atoms with E-state index in [-0.39, 0.29) is 17.2 Å². The third-order valence-corrected chi connectivity index (χ3v) is 4.85. The van der Waals surface area contributed by atoms with Gasteiger partial charge in [-0.05, 0) is 49.7 Å². The highest BCUT2D eigenvalue weighted by atomic mass is 16.5. The van der Waals surface area contributed by atoms with Crippen molar-refractivity contribution in [1.82, 2.24) is 14.8 Å². The highest BCUT2D eigenvalue weighted by molar-refractivity contribution is 6.18. The zero-order chi connectivity index (χ0) is 21.2. The molecule has 1 aliphatic rings. The molecule has 1 aliphatic heterocycles. The minimum absolute atomic E-state index is 0.252. The van der Waals surface area contributed by atoms with Crippen LogP contribution < -0.4 is 15.6 Å². The summed E-state index contributed by atoms with van der Waals surface area (Å²) in [6, 6.07) is 12.3. The first-order chi connectivity index (χ1) is 14.7. The molecule has 160 valence electrons. The minimum atomic E-state index is -0.279. The molecule has 0 spiro atoms. The monoisotopic (exact) mass is 411 g/mol. The molecule has 1 N–H and O–H groups in total. The van der Waals surface area contributed by atoms with E-state index >= 15 is 0 Å². The van der Waals surface area contributed by atoms with Gasteiger partial charge in [0.25, 0.3) is 11.5 Å². The second-order valence-electron chi connectivity index (χ2n) is 7.00. The van der Waals surface area contributed by atoms with Crippen molar-refractivity contribution in [1.29, 1.82) is 0 Å². The average Bonchev–Trinajstić information content (AvgIpc) is 2.77. The van der Waals surface area contributed by atoms with Gasteiger partial charge in [-0.2, -0.15) is 0 Å². The summed E-state index contributed by atoms with van der Waals surface area (Å²) >= 11 is 0. The van der Waals surface area contributed by atoms with E-state index in [0.717, 1.165) is 50.6 Å². The SMILES string of the molecule is CCOc1ccc(C=C(C(=O)NCCCN2CCOCC2)n2ccccc2=O)cc1. The quantitative estimate of drug-likeness (QED) is 0.505. The van der Waals surface area contributed by atoms with E-state index in [1.165, 1.54) is 10.6 Å². The van der Waals surface area contributed by atoms with E-state index in [9.17, 15) is 9.59 Å². The van der Waals surface area contributed by atoms with E-state index in [4.69, 9.17) is 9.47 Å². The fourth-order valence-electron chi connectivity index (χ4n) is 3.28. The number of nitrogens with zero attached hydrogens (tertiary/aromatic N) is 2. The molecule has 0 radical (unpaired) electrons. The third kappa shape index (κ3) is 6.30. The van der Waals surface area contributed by atoms with Crippen molar-refractivity contribution in [3.05, 3.63) is 64.6 Å². The molecule has 0 saturated carbocycles. The smallest absolute Gasteiger partial charge is 0.268 e. The molecule has 0 bridgehead atoms. The highest BCUT2D eigenvalue weighted by Gasteiger charge is 2.14. The molecule has 2 heterocycles. The predicted octanol–water partition coefficient (Wildman–Crippen LogP) is 2.08. The summed E-state index contributed by atoms with van der Waals surface area (Å²) in [5, 5.41) is 2.95. The van der Waals surface area contributed by atoms with Crippen LogP contribution in [0.2, 0.25) is 0 Å². The number of benzene rings is 1. The maximum Gasteiger partial charge on any atom is 0.268 e. The van der Waals surface area contributed by atoms with Gasteiger partial charge in [-0.25, -0.2) is 0 Å². The Kier molecular flexibility index (Phi) is 8.23. The molecule has 0 unspecified atom stereocenters. The van der Waals surface area contributed by atoms with Crippen LogP contribution in [0.15, 0.2) is 53.5 Å². The molecule has 1 amide bonds. The van der Waals surface area contributed by atoms with E-state index < -0.39 is 0 Å². The summed E-state index contributed by atoms with van der Waals surface area (Å²) in [7, 11) is 0. The van der Waals surface area contributed by atoms with E-state index in [1.54, 1.807) is 24.4 Å². The fourth-order valence-corrected chi connectivity index (χ4v) is 3.28. The van der Waals surface area contributed by atoms with Crippen molar-refractivity contribution < 1.29 is 14.3 Å². The Balaban J connectivity index is 1.70. The van der Waals surface area contributed by atoms with Crippen LogP contribution in [-0.2, 0) is 9.53 Å². The Labute approximate surface area is 176 Å². The summed E-state index contributed by atoms with van der Waals surface area (Å²) < 4.78 is 12.2. The highest BCUT2D eigenvalue weighted by Crippen LogP contribution is 2.16. The fraction of sp³-hybridized carbons (Fsp3) is 0.391. The van der Waals surface area contributed by atoms with Crippen molar-refractivity contribution in [2.24, 2.45) is 0 Å². The number of pyridine rings is 1. The summed E-state index contributed by atoms with van der Waals surface area (Å²) in [5.41, 5.74) is 0.849. The van der Waals surface area contributed by atoms with Gasteiger partial charge in [-0.1, -0.05) is 18.2 Å². The van der Waals surface area contributed by atoms with E-state index in [1.807, 2.05) is 31.2 Å². The van der Waals surface area contributed by atoms with Gasteiger partial charge < -0.3 is 14.8 Å². The number of carbonyl (C=O) groups excluding carboxylic acids is 1. The Morgan fingerprint density at radius 2 is 1.93 bits per heavy atom. The van der Waals surface area contributed by atoms with Crippen LogP contribution in [0.5, 0.6) is 5.75 Å². The predicted molar refractivity (Wildman–Crippen MR) is 117 cm³/mol. The molecule has 30 heavy (non-hydrogen) atoms. The first-order valence-corrected chi connectivity index (χ1v) is 10.4. The van der Waals surface area contributed by atoms with Gasteiger partial charge in [0.2, 0.25) is 0 Å². The average molecular weight is 412 g/mol. The standard InChI is InChI=1S/C23H29N3O4/c1-2-30-20-9-7-19(8-10-20)18-21(26-13-4-3-6-22(26)27)23(28)24-11-5-12-25-14-16-29-17-15-25/h3-4,6-10,13,18H,2,5,11-12,14-17H2,1H3,(H,24,28). The van der Waals surface area contributed by atoms with E-state index in [2.05, 4.69) is 10.2 Å². The molecule has 2 aromatic rings. The molecule has 1 fully saturated rings. The number of hydrogen-bond acceptors (Lipinski definition) is 5. The van der Waals surface area contributed by atoms with Crippen LogP contribution in [-0.4, -0.2) is 61.4 Å². The van der Waals surface area contributed by atoms with Crippen LogP contribution in [0.4, 0.5) is 0 Å². The molecule has 3 rings (SSSR count). The number of hydrogen-bond donors (Lipinski definition) is 1. The molecule has 1 aromatic heterocycles. The van der Waals surface area contributed by atoms with Crippen LogP contribution in [0.3, 0.4) is 0 Å². The molecule has 1 saturated heterocycles. The van der Waals surface area contributed by atoms with Crippen LogP contribution in [0, 0.1) is 0 Å². The Morgan fingerprint density at radius 3 is 2.63 bits per heavy atom. The number of amides is 1. The summed E-state index contributed by atoms with van der Waals surface area (Å²) in [6.45, 7) is 7.35. The third-order valence-electron chi connectivity index (χ3n) is 4.85. The summed E-state index contributed by atoms with van der Waals surface area (Å²) in [5.74, 6) is 0.486. The minimum Gasteiger partial charge on any atom is -0.494 e. The zero-order valence-corrected chi connectivity index (χ0v) is 17.4. The van der Waals surface area contributed by atoms with Crippen molar-refractivity contribution in [3.63, 3.8) is 0 Å². The van der Waals surface area contributed by atoms with Gasteiger partial charge in [0, 0.05) is 31.9 Å². The maximum atomic E-state index is 12.9. The van der Waals surface area contributed by atoms with Crippen LogP contribution in [0.1, 0.15) is 18.9 Å². The topological polar surface area (TPSA) is 72.8 Å². The second-order valence-corrected chi connectivity index (χ2v) is 7.00. The van der Waals surface area contributed by atoms with Gasteiger partial charge >= 0.3 is 0 Å². The van der Waals surface area contributed by atoms with Gasteiger partial charge in [-0.3, -0.25) is 19.1 Å². The normalized spacial score (nSPS) is 15.0. The number of nitrogens with one attached hydrogen (secondary N) is 1. The first kappa shape index (κ1) is 21.8. The van der Waals surface area contributed by atoms with Crippen molar-refractivity contribution in [3.8, 4) is 5.75 Å². The Hall–Kier alpha value is -2.90. The van der Waals surface area contributed by atoms with Crippen LogP contribution in [0.25, 0.3) is 11.8 Å². The second kappa shape index (κ2) is 11.3. The Morgan fingerprint density at radius 1 is 1.17 bits per heavy atom. The Bertz CT molecular complexity index is 899. The number of carbonyl (C=O) groups is 1. The van der Waals surface area contributed by atoms with Crippen molar-refractivity contribution in [2.45, 2.75) is 13.3 Å². The number of ether oxygens (including phenoxy) is 2. The first-order valence-electron chi connectivity index (χ1n) is 10.4. The van der Waals surface area contributed by atoms with E-state index in [0.29, 0.717) is 13.2 Å². The molecular formula is C23H29N3O4. The number of morpholine rings is 1. The van der Waals surface area contributed by atoms with Crippen LogP contribution >= 0.6 is 0 Å². The lowest BCUT2D eigenvalue weighted by Gasteiger charge is -2.26. The van der Waals surface area contributed by atoms with Gasteiger partial charge in [0.1, 0.15) is 11.4 Å². The maximum absolute atomic E-state index is 12.9. The molecular weight excluding hydrogens is 382 g/mol. The lowest BCUT2D eigenvalue weighted by Crippen LogP contribution is -2.38. The molecule has 7 heteroatoms. The molecule has 0 aliphatic carbocycles. The van der Waals surface area contributed by atoms with Gasteiger partial charge in [-0.15, -0.1) is 0 Å². The lowest BCUT2D eigenvalue weighted by molar-refractivity contribution is -0.116.